The number of halogens is 1. The van der Waals surface area contributed by atoms with Gasteiger partial charge in [-0.1, -0.05) is 17.5 Å². The second-order valence-corrected chi connectivity index (χ2v) is 3.51. The number of aldehydes is 1. The predicted molar refractivity (Wildman–Crippen MR) is 61.5 cm³/mol. The monoisotopic (exact) mass is 230 g/mol. The van der Waals surface area contributed by atoms with Crippen molar-refractivity contribution in [2.45, 2.75) is 0 Å². The first-order valence-corrected chi connectivity index (χ1v) is 4.98. The van der Waals surface area contributed by atoms with Crippen molar-refractivity contribution < 1.29 is 9.21 Å². The minimum Gasteiger partial charge on any atom is -0.445 e. The molecule has 78 valence electrons. The van der Waals surface area contributed by atoms with Gasteiger partial charge in [0.15, 0.2) is 17.8 Å². The van der Waals surface area contributed by atoms with E-state index in [-0.39, 0.29) is 5.76 Å². The van der Waals surface area contributed by atoms with E-state index in [2.05, 4.69) is 11.8 Å². The second-order valence-electron chi connectivity index (χ2n) is 3.08. The number of carbonyl (C=O) groups excluding carboxylic acids is 1. The fourth-order valence-electron chi connectivity index (χ4n) is 1.15. The van der Waals surface area contributed by atoms with Crippen LogP contribution in [0.25, 0.3) is 0 Å². The number of carbonyl (C=O) groups is 1. The van der Waals surface area contributed by atoms with E-state index in [9.17, 15) is 4.79 Å². The zero-order valence-electron chi connectivity index (χ0n) is 8.24. The Morgan fingerprint density at radius 3 is 2.44 bits per heavy atom. The summed E-state index contributed by atoms with van der Waals surface area (Å²) >= 11 is 5.75. The minimum atomic E-state index is 0.278. The summed E-state index contributed by atoms with van der Waals surface area (Å²) in [6.45, 7) is 0. The van der Waals surface area contributed by atoms with Crippen LogP contribution in [-0.2, 0) is 0 Å². The van der Waals surface area contributed by atoms with Gasteiger partial charge in [-0.15, -0.1) is 0 Å². The van der Waals surface area contributed by atoms with Gasteiger partial charge in [0, 0.05) is 10.6 Å². The third-order valence-electron chi connectivity index (χ3n) is 1.92. The lowest BCUT2D eigenvalue weighted by Gasteiger charge is -1.89. The maximum atomic E-state index is 10.4. The van der Waals surface area contributed by atoms with E-state index < -0.39 is 0 Å². The zero-order chi connectivity index (χ0) is 11.4. The molecule has 0 aliphatic heterocycles. The normalized spacial score (nSPS) is 9.31. The maximum Gasteiger partial charge on any atom is 0.185 e. The lowest BCUT2D eigenvalue weighted by Crippen LogP contribution is -1.73. The summed E-state index contributed by atoms with van der Waals surface area (Å²) in [6, 6.07) is 10.4. The third kappa shape index (κ3) is 2.53. The van der Waals surface area contributed by atoms with Crippen LogP contribution in [-0.4, -0.2) is 6.29 Å². The number of benzene rings is 1. The lowest BCUT2D eigenvalue weighted by molar-refractivity contribution is 0.110. The average Bonchev–Trinajstić information content (AvgIpc) is 2.76. The molecule has 0 aliphatic rings. The largest absolute Gasteiger partial charge is 0.445 e. The second kappa shape index (κ2) is 4.69. The Balaban J connectivity index is 2.21. The number of hydrogen-bond acceptors (Lipinski definition) is 2. The highest BCUT2D eigenvalue weighted by atomic mass is 35.5. The maximum absolute atomic E-state index is 10.4. The molecule has 0 saturated carbocycles. The molecule has 1 aromatic heterocycles. The highest BCUT2D eigenvalue weighted by molar-refractivity contribution is 6.30. The Hall–Kier alpha value is -1.98. The summed E-state index contributed by atoms with van der Waals surface area (Å²) in [7, 11) is 0. The highest BCUT2D eigenvalue weighted by Crippen LogP contribution is 2.09. The highest BCUT2D eigenvalue weighted by Gasteiger charge is 1.96. The molecule has 0 fully saturated rings. The number of furan rings is 1. The van der Waals surface area contributed by atoms with Crippen LogP contribution in [0.5, 0.6) is 0 Å². The summed E-state index contributed by atoms with van der Waals surface area (Å²) < 4.78 is 5.11. The first kappa shape index (κ1) is 10.5. The molecule has 0 atom stereocenters. The lowest BCUT2D eigenvalue weighted by atomic mass is 10.2. The fourth-order valence-corrected chi connectivity index (χ4v) is 1.28. The molecule has 1 aromatic carbocycles. The van der Waals surface area contributed by atoms with E-state index in [0.717, 1.165) is 5.56 Å². The molecule has 0 amide bonds. The molecule has 2 nitrogen and oxygen atoms in total. The van der Waals surface area contributed by atoms with Crippen LogP contribution in [0.1, 0.15) is 21.9 Å². The van der Waals surface area contributed by atoms with E-state index in [1.807, 2.05) is 12.1 Å². The van der Waals surface area contributed by atoms with Gasteiger partial charge in [0.05, 0.1) is 0 Å². The first-order chi connectivity index (χ1) is 7.78. The van der Waals surface area contributed by atoms with Crippen LogP contribution in [0.4, 0.5) is 0 Å². The van der Waals surface area contributed by atoms with Crippen LogP contribution in [0.15, 0.2) is 40.8 Å². The molecule has 0 radical (unpaired) electrons. The van der Waals surface area contributed by atoms with Crippen LogP contribution in [0.2, 0.25) is 5.02 Å². The van der Waals surface area contributed by atoms with Crippen LogP contribution >= 0.6 is 11.6 Å². The average molecular weight is 231 g/mol. The molecule has 3 heteroatoms. The summed E-state index contributed by atoms with van der Waals surface area (Å²) in [4.78, 5) is 10.4. The van der Waals surface area contributed by atoms with E-state index in [4.69, 9.17) is 16.0 Å². The van der Waals surface area contributed by atoms with Crippen LogP contribution in [0.3, 0.4) is 0 Å². The molecule has 0 spiro atoms. The molecule has 0 aliphatic carbocycles. The Morgan fingerprint density at radius 2 is 1.81 bits per heavy atom. The summed E-state index contributed by atoms with van der Waals surface area (Å²) in [5.41, 5.74) is 0.841. The first-order valence-electron chi connectivity index (χ1n) is 4.60. The van der Waals surface area contributed by atoms with Gasteiger partial charge in [-0.2, -0.15) is 0 Å². The predicted octanol–water partition coefficient (Wildman–Crippen LogP) is 3.15. The van der Waals surface area contributed by atoms with Crippen molar-refractivity contribution in [1.82, 2.24) is 0 Å². The fraction of sp³-hybridized carbons (Fsp3) is 0. The van der Waals surface area contributed by atoms with Crippen molar-refractivity contribution in [2.24, 2.45) is 0 Å². The Bertz CT molecular complexity index is 556. The van der Waals surface area contributed by atoms with Crippen molar-refractivity contribution in [1.29, 1.82) is 0 Å². The third-order valence-corrected chi connectivity index (χ3v) is 2.17. The minimum absolute atomic E-state index is 0.278. The van der Waals surface area contributed by atoms with Gasteiger partial charge < -0.3 is 4.42 Å². The quantitative estimate of drug-likeness (QED) is 0.557. The number of rotatable bonds is 1. The van der Waals surface area contributed by atoms with Crippen molar-refractivity contribution in [3.05, 3.63) is 58.5 Å². The molecular weight excluding hydrogens is 224 g/mol. The molecule has 0 N–H and O–H groups in total. The van der Waals surface area contributed by atoms with Crippen molar-refractivity contribution in [3.8, 4) is 11.8 Å². The molecule has 2 aromatic rings. The topological polar surface area (TPSA) is 30.2 Å². The molecule has 0 unspecified atom stereocenters. The Labute approximate surface area is 97.8 Å². The van der Waals surface area contributed by atoms with Gasteiger partial charge in [-0.25, -0.2) is 0 Å². The molecule has 2 rings (SSSR count). The van der Waals surface area contributed by atoms with E-state index >= 15 is 0 Å². The molecular formula is C13H7ClO2. The van der Waals surface area contributed by atoms with Gasteiger partial charge in [0.1, 0.15) is 0 Å². The van der Waals surface area contributed by atoms with Gasteiger partial charge in [-0.05, 0) is 42.3 Å². The zero-order valence-corrected chi connectivity index (χ0v) is 8.99. The van der Waals surface area contributed by atoms with Crippen LogP contribution < -0.4 is 0 Å². The van der Waals surface area contributed by atoms with Gasteiger partial charge in [0.25, 0.3) is 0 Å². The van der Waals surface area contributed by atoms with Crippen LogP contribution in [0, 0.1) is 11.8 Å². The van der Waals surface area contributed by atoms with Gasteiger partial charge in [0.2, 0.25) is 0 Å². The standard InChI is InChI=1S/C13H7ClO2/c14-11-4-1-10(2-5-11)3-6-12-7-8-13(9-15)16-12/h1-2,4-5,7-9H. The van der Waals surface area contributed by atoms with Gasteiger partial charge in [-0.3, -0.25) is 4.79 Å². The van der Waals surface area contributed by atoms with E-state index in [0.29, 0.717) is 17.1 Å². The SMILES string of the molecule is O=Cc1ccc(C#Cc2ccc(Cl)cc2)o1. The summed E-state index contributed by atoms with van der Waals surface area (Å²) in [5, 5.41) is 0.673. The Kier molecular flexibility index (Phi) is 3.09. The molecule has 0 saturated heterocycles. The number of hydrogen-bond donors (Lipinski definition) is 0. The van der Waals surface area contributed by atoms with E-state index in [1.165, 1.54) is 0 Å². The Morgan fingerprint density at radius 1 is 1.06 bits per heavy atom. The molecule has 1 heterocycles. The smallest absolute Gasteiger partial charge is 0.185 e. The van der Waals surface area contributed by atoms with E-state index in [1.54, 1.807) is 24.3 Å². The summed E-state index contributed by atoms with van der Waals surface area (Å²) in [5.74, 6) is 6.47. The molecule has 0 bridgehead atoms. The van der Waals surface area contributed by atoms with Gasteiger partial charge >= 0.3 is 0 Å². The molecule has 16 heavy (non-hydrogen) atoms. The summed E-state index contributed by atoms with van der Waals surface area (Å²) in [6.07, 6.45) is 0.646. The van der Waals surface area contributed by atoms with Crippen molar-refractivity contribution in [3.63, 3.8) is 0 Å². The van der Waals surface area contributed by atoms with Crippen molar-refractivity contribution in [2.75, 3.05) is 0 Å². The van der Waals surface area contributed by atoms with Crippen molar-refractivity contribution >= 4 is 17.9 Å².